The molecule has 0 amide bonds. The van der Waals surface area contributed by atoms with Gasteiger partial charge in [0.1, 0.15) is 0 Å². The summed E-state index contributed by atoms with van der Waals surface area (Å²) >= 11 is 0. The second kappa shape index (κ2) is 6.12. The van der Waals surface area contributed by atoms with E-state index in [1.54, 1.807) is 10.5 Å². The largest absolute Gasteiger partial charge is 0.372 e. The number of hydrogen-bond acceptors (Lipinski definition) is 5. The van der Waals surface area contributed by atoms with Crippen LogP contribution >= 0.6 is 0 Å². The standard InChI is InChI=1S/C16H23N3O3S/c20-23(21,16-3-4-16)19-7-6-18-11-15(8-14(18)10-19)22-12-13-2-1-5-17-9-13/h1-2,5,9,14-16H,3-4,6-8,10-12H2/t14-,15-/m0/s1. The maximum Gasteiger partial charge on any atom is 0.217 e. The van der Waals surface area contributed by atoms with Crippen LogP contribution in [0.1, 0.15) is 24.8 Å². The number of ether oxygens (including phenoxy) is 1. The lowest BCUT2D eigenvalue weighted by Gasteiger charge is -2.36. The number of hydrogen-bond donors (Lipinski definition) is 0. The average molecular weight is 337 g/mol. The van der Waals surface area contributed by atoms with Crippen molar-refractivity contribution in [3.05, 3.63) is 30.1 Å². The lowest BCUT2D eigenvalue weighted by molar-refractivity contribution is 0.0465. The third kappa shape index (κ3) is 3.28. The fourth-order valence-corrected chi connectivity index (χ4v) is 5.46. The molecule has 4 rings (SSSR count). The first-order valence-electron chi connectivity index (χ1n) is 8.36. The molecule has 1 saturated carbocycles. The molecule has 23 heavy (non-hydrogen) atoms. The van der Waals surface area contributed by atoms with Crippen LogP contribution in [-0.2, 0) is 21.4 Å². The van der Waals surface area contributed by atoms with Gasteiger partial charge in [-0.25, -0.2) is 8.42 Å². The smallest absolute Gasteiger partial charge is 0.217 e. The van der Waals surface area contributed by atoms with Gasteiger partial charge >= 0.3 is 0 Å². The second-order valence-corrected chi connectivity index (χ2v) is 8.99. The van der Waals surface area contributed by atoms with Crippen molar-refractivity contribution in [1.29, 1.82) is 0 Å². The van der Waals surface area contributed by atoms with Crippen molar-refractivity contribution in [2.75, 3.05) is 26.2 Å². The Kier molecular flexibility index (Phi) is 4.13. The summed E-state index contributed by atoms with van der Waals surface area (Å²) in [7, 11) is -3.04. The molecule has 1 aromatic rings. The Hall–Kier alpha value is -1.02. The van der Waals surface area contributed by atoms with Crippen molar-refractivity contribution in [3.8, 4) is 0 Å². The Balaban J connectivity index is 1.33. The highest BCUT2D eigenvalue weighted by Gasteiger charge is 2.45. The summed E-state index contributed by atoms with van der Waals surface area (Å²) < 4.78 is 32.5. The maximum absolute atomic E-state index is 12.4. The third-order valence-electron chi connectivity index (χ3n) is 5.05. The molecule has 6 nitrogen and oxygen atoms in total. The normalized spacial score (nSPS) is 29.6. The molecule has 0 aromatic carbocycles. The molecule has 7 heteroatoms. The van der Waals surface area contributed by atoms with Crippen molar-refractivity contribution in [2.24, 2.45) is 0 Å². The monoisotopic (exact) mass is 337 g/mol. The van der Waals surface area contributed by atoms with Crippen LogP contribution in [0.4, 0.5) is 0 Å². The number of fused-ring (bicyclic) bond motifs is 1. The maximum atomic E-state index is 12.4. The van der Waals surface area contributed by atoms with E-state index >= 15 is 0 Å². The third-order valence-corrected chi connectivity index (χ3v) is 7.42. The van der Waals surface area contributed by atoms with Gasteiger partial charge in [-0.2, -0.15) is 4.31 Å². The van der Waals surface area contributed by atoms with Gasteiger partial charge in [0.25, 0.3) is 0 Å². The lowest BCUT2D eigenvalue weighted by atomic mass is 10.1. The summed E-state index contributed by atoms with van der Waals surface area (Å²) in [5.74, 6) is 0. The van der Waals surface area contributed by atoms with Crippen LogP contribution in [-0.4, -0.2) is 66.2 Å². The molecule has 0 N–H and O–H groups in total. The first-order valence-corrected chi connectivity index (χ1v) is 9.87. The van der Waals surface area contributed by atoms with E-state index < -0.39 is 10.0 Å². The van der Waals surface area contributed by atoms with E-state index in [0.717, 1.165) is 37.9 Å². The van der Waals surface area contributed by atoms with E-state index in [9.17, 15) is 8.42 Å². The Bertz CT molecular complexity index is 648. The van der Waals surface area contributed by atoms with E-state index in [1.807, 2.05) is 18.3 Å². The molecule has 3 fully saturated rings. The molecule has 2 atom stereocenters. The van der Waals surface area contributed by atoms with Crippen LogP contribution in [0, 0.1) is 0 Å². The van der Waals surface area contributed by atoms with Gasteiger partial charge in [0.15, 0.2) is 0 Å². The molecule has 3 heterocycles. The van der Waals surface area contributed by atoms with Crippen LogP contribution in [0.15, 0.2) is 24.5 Å². The highest BCUT2D eigenvalue weighted by Crippen LogP contribution is 2.33. The van der Waals surface area contributed by atoms with Crippen LogP contribution in [0.5, 0.6) is 0 Å². The van der Waals surface area contributed by atoms with Crippen LogP contribution in [0.25, 0.3) is 0 Å². The zero-order chi connectivity index (χ0) is 15.9. The zero-order valence-corrected chi connectivity index (χ0v) is 14.0. The minimum atomic E-state index is -3.04. The molecular weight excluding hydrogens is 314 g/mol. The second-order valence-electron chi connectivity index (χ2n) is 6.78. The number of nitrogens with zero attached hydrogens (tertiary/aromatic N) is 3. The summed E-state index contributed by atoms with van der Waals surface area (Å²) in [5, 5.41) is -0.104. The Labute approximate surface area is 137 Å². The zero-order valence-electron chi connectivity index (χ0n) is 13.2. The SMILES string of the molecule is O=S(=O)(C1CC1)N1CCN2C[C@@H](OCc3cccnc3)C[C@H]2C1. The Morgan fingerprint density at radius 3 is 2.87 bits per heavy atom. The van der Waals surface area contributed by atoms with E-state index in [0.29, 0.717) is 25.7 Å². The molecule has 1 aromatic heterocycles. The molecule has 126 valence electrons. The van der Waals surface area contributed by atoms with Gasteiger partial charge in [-0.15, -0.1) is 0 Å². The van der Waals surface area contributed by atoms with Gasteiger partial charge in [-0.05, 0) is 30.9 Å². The minimum absolute atomic E-state index is 0.104. The molecular formula is C16H23N3O3S. The molecule has 3 aliphatic rings. The van der Waals surface area contributed by atoms with E-state index in [4.69, 9.17) is 4.74 Å². The van der Waals surface area contributed by atoms with E-state index in [-0.39, 0.29) is 11.4 Å². The molecule has 1 aliphatic carbocycles. The first-order chi connectivity index (χ1) is 11.1. The van der Waals surface area contributed by atoms with Gasteiger partial charge in [-0.3, -0.25) is 9.88 Å². The molecule has 0 bridgehead atoms. The lowest BCUT2D eigenvalue weighted by Crippen LogP contribution is -2.52. The topological polar surface area (TPSA) is 62.7 Å². The van der Waals surface area contributed by atoms with Crippen molar-refractivity contribution in [3.63, 3.8) is 0 Å². The predicted octanol–water partition coefficient (Wildman–Crippen LogP) is 0.849. The van der Waals surface area contributed by atoms with Crippen molar-refractivity contribution in [1.82, 2.24) is 14.2 Å². The van der Waals surface area contributed by atoms with Crippen molar-refractivity contribution >= 4 is 10.0 Å². The quantitative estimate of drug-likeness (QED) is 0.797. The van der Waals surface area contributed by atoms with Crippen LogP contribution < -0.4 is 0 Å². The highest BCUT2D eigenvalue weighted by molar-refractivity contribution is 7.90. The molecule has 0 radical (unpaired) electrons. The summed E-state index contributed by atoms with van der Waals surface area (Å²) in [4.78, 5) is 6.48. The Morgan fingerprint density at radius 1 is 1.26 bits per heavy atom. The van der Waals surface area contributed by atoms with E-state index in [1.165, 1.54) is 0 Å². The van der Waals surface area contributed by atoms with Gasteiger partial charge in [0.05, 0.1) is 18.0 Å². The summed E-state index contributed by atoms with van der Waals surface area (Å²) in [6.07, 6.45) is 6.36. The summed E-state index contributed by atoms with van der Waals surface area (Å²) in [6, 6.07) is 4.23. The Morgan fingerprint density at radius 2 is 2.13 bits per heavy atom. The van der Waals surface area contributed by atoms with E-state index in [2.05, 4.69) is 9.88 Å². The minimum Gasteiger partial charge on any atom is -0.372 e. The fourth-order valence-electron chi connectivity index (χ4n) is 3.59. The molecule has 2 aliphatic heterocycles. The number of sulfonamides is 1. The summed E-state index contributed by atoms with van der Waals surface area (Å²) in [6.45, 7) is 3.56. The van der Waals surface area contributed by atoms with Crippen molar-refractivity contribution < 1.29 is 13.2 Å². The number of piperazine rings is 1. The average Bonchev–Trinajstić information content (AvgIpc) is 3.34. The van der Waals surface area contributed by atoms with Crippen molar-refractivity contribution in [2.45, 2.75) is 43.3 Å². The van der Waals surface area contributed by atoms with Gasteiger partial charge in [0, 0.05) is 44.6 Å². The molecule has 0 spiro atoms. The highest BCUT2D eigenvalue weighted by atomic mass is 32.2. The van der Waals surface area contributed by atoms with Crippen LogP contribution in [0.2, 0.25) is 0 Å². The van der Waals surface area contributed by atoms with Gasteiger partial charge < -0.3 is 4.74 Å². The number of rotatable bonds is 5. The fraction of sp³-hybridized carbons (Fsp3) is 0.688. The van der Waals surface area contributed by atoms with Crippen LogP contribution in [0.3, 0.4) is 0 Å². The van der Waals surface area contributed by atoms with Gasteiger partial charge in [0.2, 0.25) is 10.0 Å². The predicted molar refractivity (Wildman–Crippen MR) is 86.3 cm³/mol. The number of pyridine rings is 1. The first kappa shape index (κ1) is 15.5. The molecule has 2 saturated heterocycles. The van der Waals surface area contributed by atoms with Gasteiger partial charge in [-0.1, -0.05) is 6.07 Å². The molecule has 0 unspecified atom stereocenters. The summed E-state index contributed by atoms with van der Waals surface area (Å²) in [5.41, 5.74) is 1.08. The number of aromatic nitrogens is 1.